The minimum Gasteiger partial charge on any atom is -0.298 e. The summed E-state index contributed by atoms with van der Waals surface area (Å²) in [5.41, 5.74) is 0. The monoisotopic (exact) mass is 160 g/mol. The molecule has 0 saturated heterocycles. The average Bonchev–Trinajstić information content (AvgIpc) is 1.85. The van der Waals surface area contributed by atoms with Crippen LogP contribution in [0.3, 0.4) is 0 Å². The first-order chi connectivity index (χ1) is 4.57. The second kappa shape index (κ2) is 4.78. The van der Waals surface area contributed by atoms with Crippen LogP contribution in [0.25, 0.3) is 0 Å². The van der Waals surface area contributed by atoms with Gasteiger partial charge in [0.05, 0.1) is 0 Å². The van der Waals surface area contributed by atoms with Crippen molar-refractivity contribution in [3.63, 3.8) is 0 Å². The molecular formula is C8H16OS. The third-order valence-corrected chi connectivity index (χ3v) is 1.84. The summed E-state index contributed by atoms with van der Waals surface area (Å²) in [5, 5.41) is 0. The van der Waals surface area contributed by atoms with Crippen LogP contribution in [0.1, 0.15) is 27.2 Å². The van der Waals surface area contributed by atoms with Crippen LogP contribution < -0.4 is 0 Å². The molecule has 1 nitrogen and oxygen atoms in total. The van der Waals surface area contributed by atoms with Gasteiger partial charge in [0.25, 0.3) is 0 Å². The van der Waals surface area contributed by atoms with E-state index in [1.807, 2.05) is 6.92 Å². The highest BCUT2D eigenvalue weighted by Crippen LogP contribution is 2.11. The van der Waals surface area contributed by atoms with Crippen molar-refractivity contribution in [1.82, 2.24) is 0 Å². The smallest absolute Gasteiger partial charge is 0.145 e. The Kier molecular flexibility index (Phi) is 4.79. The molecule has 0 aromatic carbocycles. The predicted molar refractivity (Wildman–Crippen MR) is 47.5 cm³/mol. The Morgan fingerprint density at radius 2 is 1.90 bits per heavy atom. The molecule has 10 heavy (non-hydrogen) atoms. The maximum Gasteiger partial charge on any atom is 0.145 e. The van der Waals surface area contributed by atoms with Gasteiger partial charge in [-0.25, -0.2) is 0 Å². The lowest BCUT2D eigenvalue weighted by Crippen LogP contribution is -2.14. The fraction of sp³-hybridized carbons (Fsp3) is 0.875. The van der Waals surface area contributed by atoms with Gasteiger partial charge in [0.1, 0.15) is 5.78 Å². The number of hydrogen-bond acceptors (Lipinski definition) is 2. The first-order valence-corrected chi connectivity index (χ1v) is 4.34. The second-order valence-electron chi connectivity index (χ2n) is 3.16. The summed E-state index contributed by atoms with van der Waals surface area (Å²) in [4.78, 5) is 11.0. The molecule has 0 aliphatic carbocycles. The van der Waals surface area contributed by atoms with Crippen LogP contribution >= 0.6 is 12.6 Å². The highest BCUT2D eigenvalue weighted by Gasteiger charge is 2.11. The molecule has 0 saturated carbocycles. The van der Waals surface area contributed by atoms with E-state index in [9.17, 15) is 4.79 Å². The van der Waals surface area contributed by atoms with E-state index in [0.29, 0.717) is 11.7 Å². The quantitative estimate of drug-likeness (QED) is 0.624. The van der Waals surface area contributed by atoms with Crippen LogP contribution in [-0.4, -0.2) is 11.5 Å². The highest BCUT2D eigenvalue weighted by atomic mass is 32.1. The number of hydrogen-bond donors (Lipinski definition) is 1. The van der Waals surface area contributed by atoms with Crippen LogP contribution in [0.2, 0.25) is 0 Å². The summed E-state index contributed by atoms with van der Waals surface area (Å²) in [6.07, 6.45) is 0.986. The largest absolute Gasteiger partial charge is 0.298 e. The van der Waals surface area contributed by atoms with Crippen molar-refractivity contribution in [3.05, 3.63) is 0 Å². The summed E-state index contributed by atoms with van der Waals surface area (Å²) in [6, 6.07) is 0. The van der Waals surface area contributed by atoms with Gasteiger partial charge in [-0.05, 0) is 12.3 Å². The van der Waals surface area contributed by atoms with Crippen molar-refractivity contribution in [2.45, 2.75) is 27.2 Å². The van der Waals surface area contributed by atoms with Crippen LogP contribution in [0.4, 0.5) is 0 Å². The molecular weight excluding hydrogens is 144 g/mol. The van der Waals surface area contributed by atoms with Gasteiger partial charge in [-0.2, -0.15) is 12.6 Å². The van der Waals surface area contributed by atoms with Crippen LogP contribution in [-0.2, 0) is 4.79 Å². The maximum atomic E-state index is 11.0. The Balaban J connectivity index is 3.61. The van der Waals surface area contributed by atoms with Crippen molar-refractivity contribution in [2.24, 2.45) is 11.8 Å². The Bertz CT molecular complexity index is 110. The topological polar surface area (TPSA) is 17.1 Å². The molecule has 0 radical (unpaired) electrons. The van der Waals surface area contributed by atoms with Crippen LogP contribution in [0.15, 0.2) is 0 Å². The van der Waals surface area contributed by atoms with E-state index in [4.69, 9.17) is 0 Å². The molecule has 0 N–H and O–H groups in total. The van der Waals surface area contributed by atoms with Gasteiger partial charge in [-0.3, -0.25) is 4.79 Å². The molecule has 0 amide bonds. The highest BCUT2D eigenvalue weighted by molar-refractivity contribution is 7.81. The van der Waals surface area contributed by atoms with Gasteiger partial charge in [0.15, 0.2) is 0 Å². The average molecular weight is 160 g/mol. The number of carbonyl (C=O) groups is 1. The van der Waals surface area contributed by atoms with Crippen LogP contribution in [0, 0.1) is 11.8 Å². The zero-order valence-corrected chi connectivity index (χ0v) is 7.82. The minimum atomic E-state index is 0.192. The molecule has 0 fully saturated rings. The fourth-order valence-electron chi connectivity index (χ4n) is 0.994. The molecule has 60 valence electrons. The molecule has 0 aromatic rings. The first kappa shape index (κ1) is 10.0. The fourth-order valence-corrected chi connectivity index (χ4v) is 1.31. The molecule has 1 unspecified atom stereocenters. The lowest BCUT2D eigenvalue weighted by atomic mass is 9.96. The van der Waals surface area contributed by atoms with Gasteiger partial charge in [-0.15, -0.1) is 0 Å². The SMILES string of the molecule is CC(C)CC(C)C(=O)CS. The summed E-state index contributed by atoms with van der Waals surface area (Å²) in [6.45, 7) is 6.23. The standard InChI is InChI=1S/C8H16OS/c1-6(2)4-7(3)8(9)5-10/h6-7,10H,4-5H2,1-3H3. The van der Waals surface area contributed by atoms with E-state index < -0.39 is 0 Å². The number of ketones is 1. The molecule has 0 aliphatic rings. The second-order valence-corrected chi connectivity index (χ2v) is 3.47. The Morgan fingerprint density at radius 1 is 1.40 bits per heavy atom. The normalized spacial score (nSPS) is 13.7. The number of Topliss-reactive ketones (excluding diaryl/α,β-unsaturated/α-hetero) is 1. The van der Waals surface area contributed by atoms with E-state index in [1.54, 1.807) is 0 Å². The van der Waals surface area contributed by atoms with Crippen molar-refractivity contribution in [3.8, 4) is 0 Å². The lowest BCUT2D eigenvalue weighted by Gasteiger charge is -2.10. The minimum absolute atomic E-state index is 0.192. The van der Waals surface area contributed by atoms with E-state index in [2.05, 4.69) is 26.5 Å². The van der Waals surface area contributed by atoms with Gasteiger partial charge >= 0.3 is 0 Å². The van der Waals surface area contributed by atoms with Crippen molar-refractivity contribution in [2.75, 3.05) is 5.75 Å². The van der Waals surface area contributed by atoms with E-state index >= 15 is 0 Å². The lowest BCUT2D eigenvalue weighted by molar-refractivity contribution is -0.120. The van der Waals surface area contributed by atoms with Gasteiger partial charge in [0, 0.05) is 11.7 Å². The molecule has 0 rings (SSSR count). The molecule has 1 atom stereocenters. The van der Waals surface area contributed by atoms with E-state index in [1.165, 1.54) is 0 Å². The first-order valence-electron chi connectivity index (χ1n) is 3.71. The molecule has 0 bridgehead atoms. The Hall–Kier alpha value is 0.0200. The van der Waals surface area contributed by atoms with Gasteiger partial charge in [-0.1, -0.05) is 20.8 Å². The van der Waals surface area contributed by atoms with Crippen LogP contribution in [0.5, 0.6) is 0 Å². The molecule has 0 spiro atoms. The number of rotatable bonds is 4. The Labute approximate surface area is 68.6 Å². The summed E-state index contributed by atoms with van der Waals surface area (Å²) >= 11 is 3.93. The summed E-state index contributed by atoms with van der Waals surface area (Å²) in [5.74, 6) is 1.45. The van der Waals surface area contributed by atoms with Crippen molar-refractivity contribution >= 4 is 18.4 Å². The summed E-state index contributed by atoms with van der Waals surface area (Å²) in [7, 11) is 0. The van der Waals surface area contributed by atoms with Gasteiger partial charge in [0.2, 0.25) is 0 Å². The van der Waals surface area contributed by atoms with Crippen molar-refractivity contribution < 1.29 is 4.79 Å². The number of thiol groups is 1. The van der Waals surface area contributed by atoms with E-state index in [0.717, 1.165) is 6.42 Å². The summed E-state index contributed by atoms with van der Waals surface area (Å²) < 4.78 is 0. The molecule has 2 heteroatoms. The third kappa shape index (κ3) is 3.94. The molecule has 0 aromatic heterocycles. The maximum absolute atomic E-state index is 11.0. The zero-order chi connectivity index (χ0) is 8.15. The van der Waals surface area contributed by atoms with Crippen molar-refractivity contribution in [1.29, 1.82) is 0 Å². The van der Waals surface area contributed by atoms with E-state index in [-0.39, 0.29) is 11.7 Å². The third-order valence-electron chi connectivity index (χ3n) is 1.53. The zero-order valence-electron chi connectivity index (χ0n) is 6.92. The molecule has 0 heterocycles. The molecule has 0 aliphatic heterocycles. The number of carbonyl (C=O) groups excluding carboxylic acids is 1. The predicted octanol–water partition coefficient (Wildman–Crippen LogP) is 2.17. The Morgan fingerprint density at radius 3 is 2.20 bits per heavy atom. The van der Waals surface area contributed by atoms with Gasteiger partial charge < -0.3 is 0 Å².